The van der Waals surface area contributed by atoms with E-state index in [4.69, 9.17) is 0 Å². The molecule has 0 aliphatic heterocycles. The van der Waals surface area contributed by atoms with E-state index in [0.717, 1.165) is 0 Å². The van der Waals surface area contributed by atoms with E-state index in [2.05, 4.69) is 20.3 Å². The highest BCUT2D eigenvalue weighted by Gasteiger charge is 1.92. The largest absolute Gasteiger partial charge is 0.0654 e. The summed E-state index contributed by atoms with van der Waals surface area (Å²) in [4.78, 5) is 0. The molecule has 0 rings (SSSR count). The van der Waals surface area contributed by atoms with Crippen molar-refractivity contribution in [1.82, 2.24) is 0 Å². The quantitative estimate of drug-likeness (QED) is 0.323. The second-order valence-electron chi connectivity index (χ2n) is 5.05. The molecular formula is C16H33. The van der Waals surface area contributed by atoms with Gasteiger partial charge in [-0.25, -0.2) is 0 Å². The third-order valence-corrected chi connectivity index (χ3v) is 3.25. The number of hydrogen-bond donors (Lipinski definition) is 0. The lowest BCUT2D eigenvalue weighted by Crippen LogP contribution is -1.82. The van der Waals surface area contributed by atoms with Gasteiger partial charge in [0.05, 0.1) is 0 Å². The average Bonchev–Trinajstić information content (AvgIpc) is 2.31. The van der Waals surface area contributed by atoms with Crippen LogP contribution in [0.25, 0.3) is 0 Å². The first-order chi connectivity index (χ1) is 7.91. The average molecular weight is 225 g/mol. The summed E-state index contributed by atoms with van der Waals surface area (Å²) in [6.45, 7) is 4.55. The van der Waals surface area contributed by atoms with Crippen LogP contribution in [0.4, 0.5) is 0 Å². The highest BCUT2D eigenvalue weighted by Crippen LogP contribution is 2.12. The minimum absolute atomic E-state index is 1.32. The normalized spacial score (nSPS) is 10.9. The van der Waals surface area contributed by atoms with Crippen LogP contribution in [-0.4, -0.2) is 0 Å². The van der Waals surface area contributed by atoms with Crippen molar-refractivity contribution in [2.24, 2.45) is 0 Å². The molecule has 0 aliphatic rings. The van der Waals surface area contributed by atoms with E-state index < -0.39 is 0 Å². The zero-order chi connectivity index (χ0) is 11.9. The van der Waals surface area contributed by atoms with Gasteiger partial charge in [-0.2, -0.15) is 0 Å². The summed E-state index contributed by atoms with van der Waals surface area (Å²) in [6, 6.07) is 0. The second-order valence-corrected chi connectivity index (χ2v) is 5.05. The molecule has 0 saturated heterocycles. The molecule has 0 nitrogen and oxygen atoms in total. The Morgan fingerprint density at radius 2 is 1.00 bits per heavy atom. The van der Waals surface area contributed by atoms with E-state index in [0.29, 0.717) is 0 Å². The van der Waals surface area contributed by atoms with E-state index in [1.807, 2.05) is 0 Å². The van der Waals surface area contributed by atoms with Crippen LogP contribution in [0.5, 0.6) is 0 Å². The molecule has 0 amide bonds. The predicted molar refractivity (Wildman–Crippen MR) is 75.7 cm³/mol. The molecule has 0 atom stereocenters. The summed E-state index contributed by atoms with van der Waals surface area (Å²) in [5.74, 6) is 0. The lowest BCUT2D eigenvalue weighted by atomic mass is 10.0. The van der Waals surface area contributed by atoms with Crippen molar-refractivity contribution in [1.29, 1.82) is 0 Å². The van der Waals surface area contributed by atoms with Gasteiger partial charge in [-0.3, -0.25) is 0 Å². The zero-order valence-electron chi connectivity index (χ0n) is 11.8. The van der Waals surface area contributed by atoms with Gasteiger partial charge in [0.1, 0.15) is 0 Å². The molecule has 0 aromatic rings. The van der Waals surface area contributed by atoms with Crippen LogP contribution in [0.3, 0.4) is 0 Å². The van der Waals surface area contributed by atoms with Crippen molar-refractivity contribution >= 4 is 0 Å². The topological polar surface area (TPSA) is 0 Å². The molecule has 0 saturated carbocycles. The monoisotopic (exact) mass is 225 g/mol. The number of rotatable bonds is 13. The van der Waals surface area contributed by atoms with Crippen molar-refractivity contribution in [3.05, 3.63) is 6.42 Å². The van der Waals surface area contributed by atoms with Crippen molar-refractivity contribution < 1.29 is 0 Å². The molecule has 0 aromatic heterocycles. The molecule has 0 unspecified atom stereocenters. The van der Waals surface area contributed by atoms with Crippen LogP contribution in [0.1, 0.15) is 97.3 Å². The van der Waals surface area contributed by atoms with Gasteiger partial charge in [0.15, 0.2) is 0 Å². The highest BCUT2D eigenvalue weighted by atomic mass is 14.0. The maximum atomic E-state index is 2.46. The minimum atomic E-state index is 1.32. The Morgan fingerprint density at radius 3 is 1.50 bits per heavy atom. The molecule has 1 radical (unpaired) electrons. The lowest BCUT2D eigenvalue weighted by Gasteiger charge is -2.02. The third-order valence-electron chi connectivity index (χ3n) is 3.25. The maximum Gasteiger partial charge on any atom is -0.0386 e. The van der Waals surface area contributed by atoms with Crippen molar-refractivity contribution in [2.45, 2.75) is 97.3 Å². The summed E-state index contributed by atoms with van der Waals surface area (Å²) >= 11 is 0. The Morgan fingerprint density at radius 1 is 0.500 bits per heavy atom. The van der Waals surface area contributed by atoms with Crippen LogP contribution in [0, 0.1) is 6.42 Å². The van der Waals surface area contributed by atoms with E-state index in [-0.39, 0.29) is 0 Å². The summed E-state index contributed by atoms with van der Waals surface area (Å²) in [5, 5.41) is 0. The van der Waals surface area contributed by atoms with Crippen LogP contribution in [0.15, 0.2) is 0 Å². The SMILES string of the molecule is CCC[CH]CCCCCCCCCCCC. The van der Waals surface area contributed by atoms with Gasteiger partial charge in [0.25, 0.3) is 0 Å². The van der Waals surface area contributed by atoms with Gasteiger partial charge in [0, 0.05) is 0 Å². The highest BCUT2D eigenvalue weighted by molar-refractivity contribution is 4.62. The van der Waals surface area contributed by atoms with E-state index in [9.17, 15) is 0 Å². The third kappa shape index (κ3) is 14.0. The van der Waals surface area contributed by atoms with Crippen molar-refractivity contribution in [2.75, 3.05) is 0 Å². The predicted octanol–water partition coefficient (Wildman–Crippen LogP) is 6.30. The fourth-order valence-electron chi connectivity index (χ4n) is 2.12. The maximum absolute atomic E-state index is 2.46. The first-order valence-electron chi connectivity index (χ1n) is 7.73. The molecule has 0 N–H and O–H groups in total. The number of unbranched alkanes of at least 4 members (excludes halogenated alkanes) is 13. The van der Waals surface area contributed by atoms with Crippen molar-refractivity contribution in [3.63, 3.8) is 0 Å². The molecule has 97 valence electrons. The van der Waals surface area contributed by atoms with Gasteiger partial charge in [-0.05, 0) is 6.42 Å². The Hall–Kier alpha value is 0. The standard InChI is InChI=1S/C16H33/c1-3-5-7-9-11-13-15-16-14-12-10-8-6-4-2/h7H,3-6,8-16H2,1-2H3. The smallest absolute Gasteiger partial charge is 0.0386 e. The summed E-state index contributed by atoms with van der Waals surface area (Å²) in [5.41, 5.74) is 0. The molecule has 0 fully saturated rings. The molecule has 16 heavy (non-hydrogen) atoms. The van der Waals surface area contributed by atoms with Gasteiger partial charge < -0.3 is 0 Å². The van der Waals surface area contributed by atoms with Crippen LogP contribution >= 0.6 is 0 Å². The molecule has 0 aromatic carbocycles. The van der Waals surface area contributed by atoms with Gasteiger partial charge >= 0.3 is 0 Å². The second kappa shape index (κ2) is 15.0. The first-order valence-corrected chi connectivity index (χ1v) is 7.73. The Balaban J connectivity index is 2.83. The first kappa shape index (κ1) is 16.0. The van der Waals surface area contributed by atoms with Crippen LogP contribution < -0.4 is 0 Å². The lowest BCUT2D eigenvalue weighted by molar-refractivity contribution is 0.554. The number of hydrogen-bond acceptors (Lipinski definition) is 0. The molecular weight excluding hydrogens is 192 g/mol. The van der Waals surface area contributed by atoms with Crippen molar-refractivity contribution in [3.8, 4) is 0 Å². The van der Waals surface area contributed by atoms with E-state index in [1.165, 1.54) is 83.5 Å². The molecule has 0 heterocycles. The Bertz CT molecular complexity index is 92.6. The fraction of sp³-hybridized carbons (Fsp3) is 0.938. The summed E-state index contributed by atoms with van der Waals surface area (Å²) in [7, 11) is 0. The van der Waals surface area contributed by atoms with E-state index >= 15 is 0 Å². The Labute approximate surface area is 104 Å². The van der Waals surface area contributed by atoms with Gasteiger partial charge in [-0.1, -0.05) is 97.3 Å². The summed E-state index contributed by atoms with van der Waals surface area (Å²) in [6.07, 6.45) is 21.0. The fourth-order valence-corrected chi connectivity index (χ4v) is 2.12. The van der Waals surface area contributed by atoms with Crippen LogP contribution in [0.2, 0.25) is 0 Å². The molecule has 0 heteroatoms. The van der Waals surface area contributed by atoms with Gasteiger partial charge in [0.2, 0.25) is 0 Å². The molecule has 0 spiro atoms. The minimum Gasteiger partial charge on any atom is -0.0654 e. The van der Waals surface area contributed by atoms with Gasteiger partial charge in [-0.15, -0.1) is 0 Å². The zero-order valence-corrected chi connectivity index (χ0v) is 11.8. The Kier molecular flexibility index (Phi) is 15.0. The van der Waals surface area contributed by atoms with E-state index in [1.54, 1.807) is 0 Å². The molecule has 0 bridgehead atoms. The summed E-state index contributed by atoms with van der Waals surface area (Å²) < 4.78 is 0. The van der Waals surface area contributed by atoms with Crippen LogP contribution in [-0.2, 0) is 0 Å². The molecule has 0 aliphatic carbocycles.